The molecule has 1 aliphatic rings. The number of hydrogen-bond donors (Lipinski definition) is 1. The summed E-state index contributed by atoms with van der Waals surface area (Å²) in [5, 5.41) is 2.99. The van der Waals surface area contributed by atoms with Gasteiger partial charge in [-0.1, -0.05) is 23.7 Å². The lowest BCUT2D eigenvalue weighted by atomic mass is 9.85. The van der Waals surface area contributed by atoms with Crippen LogP contribution in [0.5, 0.6) is 0 Å². The van der Waals surface area contributed by atoms with E-state index in [0.717, 1.165) is 30.1 Å². The van der Waals surface area contributed by atoms with E-state index < -0.39 is 18.0 Å². The number of para-hydroxylation sites is 2. The van der Waals surface area contributed by atoms with Gasteiger partial charge in [0.2, 0.25) is 0 Å². The molecule has 37 heavy (non-hydrogen) atoms. The van der Waals surface area contributed by atoms with Crippen LogP contribution in [0.4, 0.5) is 8.78 Å². The number of amides is 1. The highest BCUT2D eigenvalue weighted by molar-refractivity contribution is 9.10. The lowest BCUT2D eigenvalue weighted by molar-refractivity contribution is 0.0904. The molecule has 1 aliphatic carbocycles. The highest BCUT2D eigenvalue weighted by Crippen LogP contribution is 2.29. The van der Waals surface area contributed by atoms with Crippen molar-refractivity contribution in [3.8, 4) is 5.69 Å². The van der Waals surface area contributed by atoms with Crippen molar-refractivity contribution in [3.63, 3.8) is 0 Å². The molecule has 192 valence electrons. The molecule has 11 heteroatoms. The molecular formula is C26H23BrClF2N5O2. The van der Waals surface area contributed by atoms with Gasteiger partial charge in [-0.3, -0.25) is 18.9 Å². The molecule has 0 atom stereocenters. The number of carbonyl (C=O) groups excluding carboxylic acids is 1. The van der Waals surface area contributed by atoms with Gasteiger partial charge in [0.15, 0.2) is 0 Å². The summed E-state index contributed by atoms with van der Waals surface area (Å²) in [5.41, 5.74) is 1.43. The van der Waals surface area contributed by atoms with Crippen LogP contribution in [0.2, 0.25) is 5.02 Å². The molecule has 1 saturated carbocycles. The van der Waals surface area contributed by atoms with Gasteiger partial charge in [0, 0.05) is 18.8 Å². The second kappa shape index (κ2) is 10.7. The maximum Gasteiger partial charge on any atom is 0.333 e. The second-order valence-corrected chi connectivity index (χ2v) is 10.4. The molecule has 1 N–H and O–H groups in total. The number of nitrogens with zero attached hydrogens (tertiary/aromatic N) is 4. The van der Waals surface area contributed by atoms with E-state index in [1.807, 2.05) is 30.3 Å². The second-order valence-electron chi connectivity index (χ2n) is 9.13. The van der Waals surface area contributed by atoms with Crippen LogP contribution in [-0.4, -0.2) is 31.1 Å². The van der Waals surface area contributed by atoms with E-state index >= 15 is 0 Å². The topological polar surface area (TPSA) is 81.8 Å². The van der Waals surface area contributed by atoms with E-state index in [-0.39, 0.29) is 28.2 Å². The van der Waals surface area contributed by atoms with Crippen LogP contribution >= 0.6 is 27.5 Å². The normalized spacial score (nSPS) is 17.9. The van der Waals surface area contributed by atoms with E-state index in [9.17, 15) is 18.4 Å². The van der Waals surface area contributed by atoms with Crippen molar-refractivity contribution in [2.24, 2.45) is 5.92 Å². The maximum atomic E-state index is 13.5. The van der Waals surface area contributed by atoms with Gasteiger partial charge in [-0.15, -0.1) is 0 Å². The standard InChI is InChI=1S/C26H23BrClF2N5O2/c27-22-10-9-18(13-31-22)35-21-4-2-1-3-20(21)34(26(35)37)14-15-5-7-17(8-6-15)33-25(36)19-11-16(28)12-32-23(19)24(29)30/h1-4,9-13,15,17,24H,5-8,14H2,(H,33,36)/t15-,17-. The summed E-state index contributed by atoms with van der Waals surface area (Å²) in [4.78, 5) is 34.1. The van der Waals surface area contributed by atoms with E-state index in [0.29, 0.717) is 29.7 Å². The summed E-state index contributed by atoms with van der Waals surface area (Å²) >= 11 is 9.21. The van der Waals surface area contributed by atoms with Crippen molar-refractivity contribution in [3.05, 3.63) is 86.2 Å². The Morgan fingerprint density at radius 3 is 2.49 bits per heavy atom. The molecule has 1 fully saturated rings. The molecule has 0 unspecified atom stereocenters. The van der Waals surface area contributed by atoms with Gasteiger partial charge in [-0.05, 0) is 77.9 Å². The Morgan fingerprint density at radius 2 is 1.81 bits per heavy atom. The number of fused-ring (bicyclic) bond motifs is 1. The summed E-state index contributed by atoms with van der Waals surface area (Å²) < 4.78 is 30.8. The number of benzene rings is 1. The highest BCUT2D eigenvalue weighted by atomic mass is 79.9. The Balaban J connectivity index is 1.30. The summed E-state index contributed by atoms with van der Waals surface area (Å²) in [7, 11) is 0. The van der Waals surface area contributed by atoms with Crippen LogP contribution in [0.15, 0.2) is 64.3 Å². The van der Waals surface area contributed by atoms with Crippen LogP contribution in [-0.2, 0) is 6.54 Å². The summed E-state index contributed by atoms with van der Waals surface area (Å²) in [6.45, 7) is 0.546. The first-order valence-corrected chi connectivity index (χ1v) is 13.1. The highest BCUT2D eigenvalue weighted by Gasteiger charge is 2.27. The quantitative estimate of drug-likeness (QED) is 0.283. The van der Waals surface area contributed by atoms with Crippen molar-refractivity contribution in [1.29, 1.82) is 0 Å². The van der Waals surface area contributed by atoms with Crippen molar-refractivity contribution in [1.82, 2.24) is 24.4 Å². The Labute approximate surface area is 224 Å². The molecule has 1 aromatic carbocycles. The minimum atomic E-state index is -2.87. The SMILES string of the molecule is O=C(N[C@H]1CC[C@H](Cn2c(=O)n(-c3ccc(Br)nc3)c3ccccc32)CC1)c1cc(Cl)cnc1C(F)F. The molecule has 3 heterocycles. The van der Waals surface area contributed by atoms with Crippen molar-refractivity contribution >= 4 is 44.5 Å². The number of halogens is 4. The molecule has 0 radical (unpaired) electrons. The number of aromatic nitrogens is 4. The molecule has 1 amide bonds. The number of imidazole rings is 1. The minimum Gasteiger partial charge on any atom is -0.349 e. The largest absolute Gasteiger partial charge is 0.349 e. The number of pyridine rings is 2. The Morgan fingerprint density at radius 1 is 1.08 bits per heavy atom. The van der Waals surface area contributed by atoms with Crippen LogP contribution in [0.25, 0.3) is 16.7 Å². The fourth-order valence-electron chi connectivity index (χ4n) is 4.95. The average molecular weight is 591 g/mol. The number of nitrogens with one attached hydrogen (secondary N) is 1. The van der Waals surface area contributed by atoms with Gasteiger partial charge in [0.05, 0.1) is 33.5 Å². The van der Waals surface area contributed by atoms with Crippen LogP contribution in [0, 0.1) is 5.92 Å². The molecule has 7 nitrogen and oxygen atoms in total. The van der Waals surface area contributed by atoms with Crippen molar-refractivity contribution in [2.75, 3.05) is 0 Å². The van der Waals surface area contributed by atoms with Gasteiger partial charge in [-0.2, -0.15) is 0 Å². The van der Waals surface area contributed by atoms with Crippen molar-refractivity contribution < 1.29 is 13.6 Å². The van der Waals surface area contributed by atoms with Crippen LogP contribution < -0.4 is 11.0 Å². The zero-order valence-corrected chi connectivity index (χ0v) is 21.9. The smallest absolute Gasteiger partial charge is 0.333 e. The number of alkyl halides is 2. The molecule has 0 saturated heterocycles. The summed E-state index contributed by atoms with van der Waals surface area (Å²) in [6.07, 6.45) is 2.82. The Kier molecular flexibility index (Phi) is 7.39. The fourth-order valence-corrected chi connectivity index (χ4v) is 5.34. The fraction of sp³-hybridized carbons (Fsp3) is 0.308. The Hall–Kier alpha value is -3.11. The van der Waals surface area contributed by atoms with E-state index in [1.165, 1.54) is 6.07 Å². The van der Waals surface area contributed by atoms with Gasteiger partial charge < -0.3 is 5.32 Å². The molecule has 5 rings (SSSR count). The third-order valence-corrected chi connectivity index (χ3v) is 7.44. The first kappa shape index (κ1) is 25.5. The third kappa shape index (κ3) is 5.31. The Bertz CT molecular complexity index is 1500. The predicted molar refractivity (Wildman–Crippen MR) is 140 cm³/mol. The zero-order chi connectivity index (χ0) is 26.1. The monoisotopic (exact) mass is 589 g/mol. The molecule has 0 bridgehead atoms. The molecular weight excluding hydrogens is 568 g/mol. The summed E-state index contributed by atoms with van der Waals surface area (Å²) in [5.74, 6) is -0.367. The van der Waals surface area contributed by atoms with Gasteiger partial charge >= 0.3 is 5.69 Å². The first-order chi connectivity index (χ1) is 17.8. The molecule has 0 aliphatic heterocycles. The van der Waals surface area contributed by atoms with Gasteiger partial charge in [-0.25, -0.2) is 18.6 Å². The van der Waals surface area contributed by atoms with Gasteiger partial charge in [0.25, 0.3) is 12.3 Å². The number of carbonyl (C=O) groups is 1. The van der Waals surface area contributed by atoms with E-state index in [4.69, 9.17) is 11.6 Å². The van der Waals surface area contributed by atoms with Crippen LogP contribution in [0.1, 0.15) is 48.2 Å². The summed E-state index contributed by atoms with van der Waals surface area (Å²) in [6, 6.07) is 12.4. The number of rotatable bonds is 6. The maximum absolute atomic E-state index is 13.5. The van der Waals surface area contributed by atoms with E-state index in [2.05, 4.69) is 31.2 Å². The third-order valence-electron chi connectivity index (χ3n) is 6.76. The molecule has 0 spiro atoms. The van der Waals surface area contributed by atoms with E-state index in [1.54, 1.807) is 21.4 Å². The van der Waals surface area contributed by atoms with Crippen LogP contribution in [0.3, 0.4) is 0 Å². The molecule has 3 aromatic heterocycles. The number of hydrogen-bond acceptors (Lipinski definition) is 4. The lowest BCUT2D eigenvalue weighted by Gasteiger charge is -2.29. The first-order valence-electron chi connectivity index (χ1n) is 11.9. The minimum absolute atomic E-state index is 0.127. The van der Waals surface area contributed by atoms with Gasteiger partial charge in [0.1, 0.15) is 10.3 Å². The lowest BCUT2D eigenvalue weighted by Crippen LogP contribution is -2.39. The molecule has 4 aromatic rings. The zero-order valence-electron chi connectivity index (χ0n) is 19.6. The predicted octanol–water partition coefficient (Wildman–Crippen LogP) is 5.92. The average Bonchev–Trinajstić information content (AvgIpc) is 3.16. The van der Waals surface area contributed by atoms with Crippen molar-refractivity contribution in [2.45, 2.75) is 44.7 Å².